The molecule has 4 nitrogen and oxygen atoms in total. The van der Waals surface area contributed by atoms with Crippen molar-refractivity contribution < 1.29 is 19.0 Å². The van der Waals surface area contributed by atoms with Crippen molar-refractivity contribution in [2.45, 2.75) is 129 Å². The first-order valence-corrected chi connectivity index (χ1v) is 13.1. The van der Waals surface area contributed by atoms with Gasteiger partial charge in [-0.3, -0.25) is 4.79 Å². The molecule has 0 heterocycles. The summed E-state index contributed by atoms with van der Waals surface area (Å²) in [7, 11) is 0. The predicted molar refractivity (Wildman–Crippen MR) is 127 cm³/mol. The van der Waals surface area contributed by atoms with Crippen molar-refractivity contribution in [1.82, 2.24) is 0 Å². The summed E-state index contributed by atoms with van der Waals surface area (Å²) in [5.74, 6) is -0.0399. The van der Waals surface area contributed by atoms with Crippen LogP contribution in [0.3, 0.4) is 0 Å². The molecule has 0 rings (SSSR count). The van der Waals surface area contributed by atoms with Crippen LogP contribution in [0.1, 0.15) is 129 Å². The maximum absolute atomic E-state index is 11.7. The summed E-state index contributed by atoms with van der Waals surface area (Å²) in [6.07, 6.45) is 22.5. The van der Waals surface area contributed by atoms with Crippen LogP contribution in [-0.4, -0.2) is 39.0 Å². The maximum atomic E-state index is 11.7. The Kier molecular flexibility index (Phi) is 25.9. The average Bonchev–Trinajstić information content (AvgIpc) is 2.75. The lowest BCUT2D eigenvalue weighted by Gasteiger charge is -2.06. The first kappa shape index (κ1) is 29.4. The summed E-state index contributed by atoms with van der Waals surface area (Å²) in [4.78, 5) is 11.7. The Labute approximate surface area is 187 Å². The van der Waals surface area contributed by atoms with E-state index in [2.05, 4.69) is 6.92 Å². The fourth-order valence-electron chi connectivity index (χ4n) is 3.57. The van der Waals surface area contributed by atoms with Gasteiger partial charge in [0, 0.05) is 19.6 Å². The molecule has 180 valence electrons. The second-order valence-electron chi connectivity index (χ2n) is 8.44. The summed E-state index contributed by atoms with van der Waals surface area (Å²) in [6, 6.07) is 0. The number of ether oxygens (including phenoxy) is 3. The number of hydrogen-bond donors (Lipinski definition) is 0. The van der Waals surface area contributed by atoms with Gasteiger partial charge in [-0.2, -0.15) is 0 Å². The van der Waals surface area contributed by atoms with Gasteiger partial charge in [0.1, 0.15) is 0 Å². The van der Waals surface area contributed by atoms with Crippen LogP contribution in [0.2, 0.25) is 0 Å². The van der Waals surface area contributed by atoms with Crippen molar-refractivity contribution in [2.75, 3.05) is 33.0 Å². The van der Waals surface area contributed by atoms with Crippen LogP contribution in [0, 0.1) is 0 Å². The molecule has 4 heteroatoms. The van der Waals surface area contributed by atoms with Crippen LogP contribution in [0.5, 0.6) is 0 Å². The molecular weight excluding hydrogens is 376 g/mol. The number of carbonyl (C=O) groups excluding carboxylic acids is 1. The molecule has 0 atom stereocenters. The van der Waals surface area contributed by atoms with E-state index in [1.54, 1.807) is 0 Å². The Morgan fingerprint density at radius 3 is 1.50 bits per heavy atom. The molecule has 0 spiro atoms. The van der Waals surface area contributed by atoms with Gasteiger partial charge in [0.2, 0.25) is 0 Å². The molecule has 0 aliphatic rings. The van der Waals surface area contributed by atoms with Gasteiger partial charge < -0.3 is 14.2 Å². The minimum Gasteiger partial charge on any atom is -0.466 e. The Bertz CT molecular complexity index is 333. The van der Waals surface area contributed by atoms with E-state index in [1.807, 2.05) is 6.92 Å². The van der Waals surface area contributed by atoms with E-state index < -0.39 is 0 Å². The molecule has 0 bridgehead atoms. The third-order valence-corrected chi connectivity index (χ3v) is 5.51. The van der Waals surface area contributed by atoms with E-state index in [-0.39, 0.29) is 5.97 Å². The molecule has 0 aliphatic heterocycles. The first-order valence-electron chi connectivity index (χ1n) is 13.1. The highest BCUT2D eigenvalue weighted by Crippen LogP contribution is 2.13. The maximum Gasteiger partial charge on any atom is 0.305 e. The second kappa shape index (κ2) is 26.4. The van der Waals surface area contributed by atoms with Crippen molar-refractivity contribution in [1.29, 1.82) is 0 Å². The average molecular weight is 429 g/mol. The summed E-state index contributed by atoms with van der Waals surface area (Å²) < 4.78 is 15.9. The van der Waals surface area contributed by atoms with Crippen molar-refractivity contribution in [3.63, 3.8) is 0 Å². The zero-order chi connectivity index (χ0) is 22.0. The van der Waals surface area contributed by atoms with Crippen LogP contribution < -0.4 is 0 Å². The van der Waals surface area contributed by atoms with E-state index in [9.17, 15) is 4.79 Å². The van der Waals surface area contributed by atoms with Crippen LogP contribution in [-0.2, 0) is 19.0 Å². The minimum atomic E-state index is -0.0399. The van der Waals surface area contributed by atoms with E-state index in [0.717, 1.165) is 32.3 Å². The van der Waals surface area contributed by atoms with Crippen molar-refractivity contribution in [3.05, 3.63) is 0 Å². The molecule has 0 aliphatic carbocycles. The normalized spacial score (nSPS) is 11.1. The van der Waals surface area contributed by atoms with Gasteiger partial charge in [-0.15, -0.1) is 0 Å². The summed E-state index contributed by atoms with van der Waals surface area (Å²) in [5, 5.41) is 0. The molecule has 0 aromatic heterocycles. The monoisotopic (exact) mass is 428 g/mol. The van der Waals surface area contributed by atoms with Gasteiger partial charge in [0.25, 0.3) is 0 Å². The molecule has 0 aromatic carbocycles. The van der Waals surface area contributed by atoms with E-state index >= 15 is 0 Å². The molecule has 0 fully saturated rings. The fraction of sp³-hybridized carbons (Fsp3) is 0.962. The van der Waals surface area contributed by atoms with Gasteiger partial charge in [-0.1, -0.05) is 96.8 Å². The third-order valence-electron chi connectivity index (χ3n) is 5.51. The van der Waals surface area contributed by atoms with Crippen LogP contribution in [0.25, 0.3) is 0 Å². The van der Waals surface area contributed by atoms with E-state index in [1.165, 1.54) is 83.5 Å². The summed E-state index contributed by atoms with van der Waals surface area (Å²) >= 11 is 0. The molecule has 0 aromatic rings. The highest BCUT2D eigenvalue weighted by molar-refractivity contribution is 5.69. The smallest absolute Gasteiger partial charge is 0.305 e. The molecule has 0 N–H and O–H groups in total. The highest BCUT2D eigenvalue weighted by Gasteiger charge is 2.02. The fourth-order valence-corrected chi connectivity index (χ4v) is 3.57. The Morgan fingerprint density at radius 2 is 0.967 bits per heavy atom. The number of esters is 1. The van der Waals surface area contributed by atoms with Gasteiger partial charge in [0.05, 0.1) is 19.8 Å². The second-order valence-corrected chi connectivity index (χ2v) is 8.44. The summed E-state index contributed by atoms with van der Waals surface area (Å²) in [5.41, 5.74) is 0. The molecule has 0 saturated heterocycles. The minimum absolute atomic E-state index is 0.0399. The Morgan fingerprint density at radius 1 is 0.500 bits per heavy atom. The number of unbranched alkanes of at least 4 members (excludes halogenated alkanes) is 15. The Hall–Kier alpha value is -0.610. The highest BCUT2D eigenvalue weighted by atomic mass is 16.5. The lowest BCUT2D eigenvalue weighted by atomic mass is 10.0. The van der Waals surface area contributed by atoms with Crippen molar-refractivity contribution in [2.24, 2.45) is 0 Å². The van der Waals surface area contributed by atoms with E-state index in [4.69, 9.17) is 14.2 Å². The third kappa shape index (κ3) is 25.4. The summed E-state index contributed by atoms with van der Waals surface area (Å²) in [6.45, 7) is 7.53. The number of carbonyl (C=O) groups is 1. The molecule has 0 unspecified atom stereocenters. The van der Waals surface area contributed by atoms with Crippen molar-refractivity contribution >= 4 is 5.97 Å². The predicted octanol–water partition coefficient (Wildman–Crippen LogP) is 7.62. The van der Waals surface area contributed by atoms with E-state index in [0.29, 0.717) is 32.8 Å². The molecule has 0 radical (unpaired) electrons. The number of rotatable bonds is 25. The Balaban J connectivity index is 3.12. The van der Waals surface area contributed by atoms with Gasteiger partial charge >= 0.3 is 5.97 Å². The van der Waals surface area contributed by atoms with Crippen LogP contribution in [0.15, 0.2) is 0 Å². The quantitative estimate of drug-likeness (QED) is 0.111. The lowest BCUT2D eigenvalue weighted by molar-refractivity contribution is -0.144. The number of hydrogen-bond acceptors (Lipinski definition) is 4. The molecule has 30 heavy (non-hydrogen) atoms. The van der Waals surface area contributed by atoms with Gasteiger partial charge in [0.15, 0.2) is 0 Å². The SMILES string of the molecule is CCCCCCCCCCCCCCCCCC(=O)OCCCCOCCOCC. The lowest BCUT2D eigenvalue weighted by Crippen LogP contribution is -2.08. The van der Waals surface area contributed by atoms with Gasteiger partial charge in [-0.05, 0) is 26.2 Å². The largest absolute Gasteiger partial charge is 0.466 e. The first-order chi connectivity index (χ1) is 14.8. The molecule has 0 amide bonds. The molecule has 0 saturated carbocycles. The van der Waals surface area contributed by atoms with Crippen molar-refractivity contribution in [3.8, 4) is 0 Å². The van der Waals surface area contributed by atoms with Crippen LogP contribution >= 0.6 is 0 Å². The zero-order valence-corrected chi connectivity index (χ0v) is 20.4. The standard InChI is InChI=1S/C26H52O4/c1-3-5-6-7-8-9-10-11-12-13-14-15-16-17-18-21-26(27)30-23-20-19-22-29-25-24-28-4-2/h3-25H2,1-2H3. The zero-order valence-electron chi connectivity index (χ0n) is 20.4. The molecular formula is C26H52O4. The van der Waals surface area contributed by atoms with Crippen LogP contribution in [0.4, 0.5) is 0 Å². The van der Waals surface area contributed by atoms with Gasteiger partial charge in [-0.25, -0.2) is 0 Å². The topological polar surface area (TPSA) is 44.8 Å².